The van der Waals surface area contributed by atoms with Crippen molar-refractivity contribution in [2.45, 2.75) is 17.9 Å². The van der Waals surface area contributed by atoms with Crippen LogP contribution in [0.5, 0.6) is 5.75 Å². The number of aromatic hydroxyl groups is 1. The molecule has 0 amide bonds. The van der Waals surface area contributed by atoms with Crippen LogP contribution >= 0.6 is 0 Å². The van der Waals surface area contributed by atoms with Crippen molar-refractivity contribution < 1.29 is 13.5 Å². The molecule has 0 aliphatic heterocycles. The van der Waals surface area contributed by atoms with Gasteiger partial charge in [0.15, 0.2) is 9.84 Å². The smallest absolute Gasteiger partial charge is 0.175 e. The van der Waals surface area contributed by atoms with Crippen LogP contribution in [-0.2, 0) is 22.8 Å². The van der Waals surface area contributed by atoms with Gasteiger partial charge in [-0.1, -0.05) is 30.3 Å². The van der Waals surface area contributed by atoms with Crippen LogP contribution in [0.1, 0.15) is 17.0 Å². The number of hydrogen-bond donors (Lipinski definition) is 1. The van der Waals surface area contributed by atoms with Gasteiger partial charge in [-0.2, -0.15) is 0 Å². The Bertz CT molecular complexity index is 944. The first-order chi connectivity index (χ1) is 11.4. The molecule has 0 bridgehead atoms. The first-order valence-corrected chi connectivity index (χ1v) is 9.38. The maximum Gasteiger partial charge on any atom is 0.175 e. The molecule has 24 heavy (non-hydrogen) atoms. The Hall–Kier alpha value is -2.60. The zero-order valence-electron chi connectivity index (χ0n) is 13.3. The van der Waals surface area contributed by atoms with E-state index in [0.717, 1.165) is 17.0 Å². The van der Waals surface area contributed by atoms with E-state index in [1.807, 2.05) is 35.0 Å². The molecule has 0 saturated heterocycles. The predicted molar refractivity (Wildman–Crippen MR) is 91.8 cm³/mol. The molecule has 0 atom stereocenters. The lowest BCUT2D eigenvalue weighted by Gasteiger charge is -2.11. The van der Waals surface area contributed by atoms with Crippen LogP contribution in [0.4, 0.5) is 0 Å². The van der Waals surface area contributed by atoms with Crippen LogP contribution in [0.2, 0.25) is 0 Å². The van der Waals surface area contributed by atoms with E-state index < -0.39 is 9.84 Å². The summed E-state index contributed by atoms with van der Waals surface area (Å²) in [7, 11) is -3.28. The van der Waals surface area contributed by atoms with E-state index in [9.17, 15) is 13.5 Å². The van der Waals surface area contributed by atoms with Crippen molar-refractivity contribution in [3.8, 4) is 5.75 Å². The maximum atomic E-state index is 11.9. The molecule has 0 spiro atoms. The highest BCUT2D eigenvalue weighted by Gasteiger charge is 2.14. The summed E-state index contributed by atoms with van der Waals surface area (Å²) in [6, 6.07) is 14.0. The van der Waals surface area contributed by atoms with E-state index in [0.29, 0.717) is 17.9 Å². The van der Waals surface area contributed by atoms with Gasteiger partial charge in [0.1, 0.15) is 11.6 Å². The van der Waals surface area contributed by atoms with E-state index in [4.69, 9.17) is 0 Å². The Morgan fingerprint density at radius 2 is 1.79 bits per heavy atom. The zero-order chi connectivity index (χ0) is 17.2. The largest absolute Gasteiger partial charge is 0.508 e. The van der Waals surface area contributed by atoms with Crippen molar-refractivity contribution in [1.82, 2.24) is 9.55 Å². The minimum atomic E-state index is -3.28. The van der Waals surface area contributed by atoms with Gasteiger partial charge in [0.25, 0.3) is 0 Å². The molecule has 6 heteroatoms. The van der Waals surface area contributed by atoms with Crippen LogP contribution in [-0.4, -0.2) is 29.3 Å². The van der Waals surface area contributed by atoms with Gasteiger partial charge in [0.05, 0.1) is 4.90 Å². The van der Waals surface area contributed by atoms with Gasteiger partial charge in [0, 0.05) is 31.6 Å². The van der Waals surface area contributed by atoms with Crippen LogP contribution in [0, 0.1) is 0 Å². The Morgan fingerprint density at radius 1 is 1.08 bits per heavy atom. The number of benzene rings is 2. The fraction of sp³-hybridized carbons (Fsp3) is 0.167. The minimum absolute atomic E-state index is 0.228. The number of imidazole rings is 1. The second kappa shape index (κ2) is 6.49. The number of rotatable bonds is 5. The van der Waals surface area contributed by atoms with Gasteiger partial charge in [0.2, 0.25) is 0 Å². The fourth-order valence-electron chi connectivity index (χ4n) is 2.63. The quantitative estimate of drug-likeness (QED) is 0.774. The number of sulfone groups is 1. The molecule has 5 nitrogen and oxygen atoms in total. The number of nitrogens with zero attached hydrogens (tertiary/aromatic N) is 2. The molecule has 2 aromatic carbocycles. The predicted octanol–water partition coefficient (Wildman–Crippen LogP) is 2.63. The number of aromatic nitrogens is 2. The molecule has 1 aromatic heterocycles. The van der Waals surface area contributed by atoms with Crippen molar-refractivity contribution in [2.24, 2.45) is 0 Å². The molecule has 0 saturated carbocycles. The van der Waals surface area contributed by atoms with Crippen LogP contribution in [0.3, 0.4) is 0 Å². The molecule has 3 rings (SSSR count). The summed E-state index contributed by atoms with van der Waals surface area (Å²) >= 11 is 0. The Labute approximate surface area is 141 Å². The number of phenolic OH excluding ortho intramolecular Hbond substituents is 1. The average molecular weight is 342 g/mol. The van der Waals surface area contributed by atoms with E-state index in [2.05, 4.69) is 4.98 Å². The Morgan fingerprint density at radius 3 is 2.50 bits per heavy atom. The van der Waals surface area contributed by atoms with Crippen molar-refractivity contribution in [3.05, 3.63) is 77.9 Å². The van der Waals surface area contributed by atoms with Gasteiger partial charge < -0.3 is 9.67 Å². The molecular weight excluding hydrogens is 324 g/mol. The van der Waals surface area contributed by atoms with Crippen molar-refractivity contribution in [2.75, 3.05) is 6.26 Å². The topological polar surface area (TPSA) is 72.2 Å². The molecular formula is C18H18N2O3S. The van der Waals surface area contributed by atoms with Crippen molar-refractivity contribution in [1.29, 1.82) is 0 Å². The van der Waals surface area contributed by atoms with E-state index >= 15 is 0 Å². The van der Waals surface area contributed by atoms with Crippen molar-refractivity contribution >= 4 is 9.84 Å². The lowest BCUT2D eigenvalue weighted by molar-refractivity contribution is 0.475. The molecule has 1 N–H and O–H groups in total. The van der Waals surface area contributed by atoms with Gasteiger partial charge in [-0.25, -0.2) is 13.4 Å². The molecule has 0 unspecified atom stereocenters. The van der Waals surface area contributed by atoms with Gasteiger partial charge >= 0.3 is 0 Å². The number of phenols is 1. The molecule has 3 aromatic rings. The van der Waals surface area contributed by atoms with E-state index in [1.165, 1.54) is 6.26 Å². The van der Waals surface area contributed by atoms with Crippen LogP contribution in [0.25, 0.3) is 0 Å². The molecule has 0 fully saturated rings. The normalized spacial score (nSPS) is 11.5. The summed E-state index contributed by atoms with van der Waals surface area (Å²) in [6.07, 6.45) is 5.23. The summed E-state index contributed by atoms with van der Waals surface area (Å²) < 4.78 is 25.9. The first kappa shape index (κ1) is 16.3. The summed E-state index contributed by atoms with van der Waals surface area (Å²) in [5.74, 6) is 1.02. The average Bonchev–Trinajstić information content (AvgIpc) is 2.96. The fourth-order valence-corrected chi connectivity index (χ4v) is 3.57. The Balaban J connectivity index is 1.88. The first-order valence-electron chi connectivity index (χ1n) is 7.49. The lowest BCUT2D eigenvalue weighted by atomic mass is 10.1. The monoisotopic (exact) mass is 342 g/mol. The maximum absolute atomic E-state index is 11.9. The highest BCUT2D eigenvalue weighted by molar-refractivity contribution is 7.90. The third-order valence-electron chi connectivity index (χ3n) is 3.81. The second-order valence-electron chi connectivity index (χ2n) is 5.69. The summed E-state index contributed by atoms with van der Waals surface area (Å²) in [4.78, 5) is 4.70. The van der Waals surface area contributed by atoms with Crippen LogP contribution in [0.15, 0.2) is 65.8 Å². The van der Waals surface area contributed by atoms with Gasteiger partial charge in [-0.05, 0) is 29.3 Å². The molecule has 1 heterocycles. The molecule has 0 radical (unpaired) electrons. The molecule has 0 aliphatic rings. The second-order valence-corrected chi connectivity index (χ2v) is 7.68. The van der Waals surface area contributed by atoms with E-state index in [-0.39, 0.29) is 5.75 Å². The minimum Gasteiger partial charge on any atom is -0.508 e. The highest BCUT2D eigenvalue weighted by Crippen LogP contribution is 2.19. The third-order valence-corrected chi connectivity index (χ3v) is 5.01. The Kier molecular flexibility index (Phi) is 4.40. The SMILES string of the molecule is CS(=O)(=O)c1ccccc1Cc1nccn1Cc1ccc(O)cc1. The summed E-state index contributed by atoms with van der Waals surface area (Å²) in [5, 5.41) is 9.36. The molecule has 124 valence electrons. The standard InChI is InChI=1S/C18H18N2O3S/c1-24(22,23)17-5-3-2-4-15(17)12-18-19-10-11-20(18)13-14-6-8-16(21)9-7-14/h2-11,21H,12-13H2,1H3. The lowest BCUT2D eigenvalue weighted by Crippen LogP contribution is -2.08. The van der Waals surface area contributed by atoms with Gasteiger partial charge in [-0.3, -0.25) is 0 Å². The van der Waals surface area contributed by atoms with Gasteiger partial charge in [-0.15, -0.1) is 0 Å². The third kappa shape index (κ3) is 3.65. The number of hydrogen-bond acceptors (Lipinski definition) is 4. The zero-order valence-corrected chi connectivity index (χ0v) is 14.1. The summed E-state index contributed by atoms with van der Waals surface area (Å²) in [6.45, 7) is 0.608. The van der Waals surface area contributed by atoms with E-state index in [1.54, 1.807) is 30.5 Å². The highest BCUT2D eigenvalue weighted by atomic mass is 32.2. The van der Waals surface area contributed by atoms with Crippen LogP contribution < -0.4 is 0 Å². The summed E-state index contributed by atoms with van der Waals surface area (Å²) in [5.41, 5.74) is 1.77. The molecule has 0 aliphatic carbocycles. The van der Waals surface area contributed by atoms with Crippen molar-refractivity contribution in [3.63, 3.8) is 0 Å².